The van der Waals surface area contributed by atoms with Crippen molar-refractivity contribution < 1.29 is 9.90 Å². The van der Waals surface area contributed by atoms with Crippen molar-refractivity contribution in [3.05, 3.63) is 34.2 Å². The van der Waals surface area contributed by atoms with E-state index >= 15 is 0 Å². The lowest BCUT2D eigenvalue weighted by Crippen LogP contribution is -2.27. The van der Waals surface area contributed by atoms with Crippen molar-refractivity contribution in [1.29, 1.82) is 0 Å². The van der Waals surface area contributed by atoms with Gasteiger partial charge in [0.1, 0.15) is 0 Å². The lowest BCUT2D eigenvalue weighted by molar-refractivity contribution is 0.0697. The van der Waals surface area contributed by atoms with Crippen LogP contribution in [0.3, 0.4) is 0 Å². The van der Waals surface area contributed by atoms with Gasteiger partial charge >= 0.3 is 11.7 Å². The lowest BCUT2D eigenvalue weighted by atomic mass is 10.2. The number of nitrogens with zero attached hydrogens (tertiary/aromatic N) is 2. The molecule has 1 saturated carbocycles. The van der Waals surface area contributed by atoms with Crippen LogP contribution < -0.4 is 5.69 Å². The van der Waals surface area contributed by atoms with Gasteiger partial charge in [-0.15, -0.1) is 0 Å². The summed E-state index contributed by atoms with van der Waals surface area (Å²) in [5.74, 6) is -0.980. The average Bonchev–Trinajstić information content (AvgIpc) is 3.10. The van der Waals surface area contributed by atoms with E-state index in [-0.39, 0.29) is 17.3 Å². The Morgan fingerprint density at radius 2 is 2.05 bits per heavy atom. The Bertz CT molecular complexity index is 772. The molecule has 2 fully saturated rings. The smallest absolute Gasteiger partial charge is 0.335 e. The standard InChI is InChI=1S/C15H17N3O3/c19-14(20)9-1-4-13-12(7-9)16-15(21)18(13)11-5-6-17(8-11)10-2-3-10/h1,4,7,10-11H,2-3,5-6,8H2,(H,16,21)(H,19,20). The molecule has 110 valence electrons. The van der Waals surface area contributed by atoms with Crippen molar-refractivity contribution in [1.82, 2.24) is 14.5 Å². The molecule has 2 heterocycles. The molecule has 1 aromatic carbocycles. The van der Waals surface area contributed by atoms with Crippen LogP contribution in [-0.4, -0.2) is 44.7 Å². The van der Waals surface area contributed by atoms with Crippen molar-refractivity contribution in [2.45, 2.75) is 31.3 Å². The predicted octanol–water partition coefficient (Wildman–Crippen LogP) is 1.44. The van der Waals surface area contributed by atoms with E-state index in [0.29, 0.717) is 5.52 Å². The molecule has 1 aliphatic carbocycles. The van der Waals surface area contributed by atoms with Gasteiger partial charge in [-0.3, -0.25) is 9.47 Å². The summed E-state index contributed by atoms with van der Waals surface area (Å²) in [6.07, 6.45) is 3.53. The Morgan fingerprint density at radius 3 is 2.76 bits per heavy atom. The number of carboxylic acids is 1. The minimum Gasteiger partial charge on any atom is -0.478 e. The number of aromatic nitrogens is 2. The minimum atomic E-state index is -0.980. The first-order valence-corrected chi connectivity index (χ1v) is 7.35. The number of hydrogen-bond acceptors (Lipinski definition) is 3. The second-order valence-electron chi connectivity index (χ2n) is 6.01. The first-order chi connectivity index (χ1) is 10.1. The predicted molar refractivity (Wildman–Crippen MR) is 77.8 cm³/mol. The molecule has 0 radical (unpaired) electrons. The number of carbonyl (C=O) groups is 1. The molecule has 1 saturated heterocycles. The monoisotopic (exact) mass is 287 g/mol. The molecule has 0 bridgehead atoms. The zero-order chi connectivity index (χ0) is 14.6. The van der Waals surface area contributed by atoms with Gasteiger partial charge in [0.05, 0.1) is 22.6 Å². The van der Waals surface area contributed by atoms with Gasteiger partial charge in [-0.2, -0.15) is 0 Å². The largest absolute Gasteiger partial charge is 0.478 e. The van der Waals surface area contributed by atoms with Crippen LogP contribution in [0.25, 0.3) is 11.0 Å². The lowest BCUT2D eigenvalue weighted by Gasteiger charge is -2.15. The van der Waals surface area contributed by atoms with Gasteiger partial charge in [-0.05, 0) is 37.5 Å². The molecule has 1 unspecified atom stereocenters. The van der Waals surface area contributed by atoms with E-state index in [0.717, 1.165) is 31.1 Å². The van der Waals surface area contributed by atoms with Crippen LogP contribution >= 0.6 is 0 Å². The summed E-state index contributed by atoms with van der Waals surface area (Å²) in [6, 6.07) is 5.72. The van der Waals surface area contributed by atoms with Crippen LogP contribution in [0.5, 0.6) is 0 Å². The minimum absolute atomic E-state index is 0.143. The Balaban J connectivity index is 1.73. The molecule has 6 nitrogen and oxygen atoms in total. The maximum atomic E-state index is 12.2. The van der Waals surface area contributed by atoms with E-state index in [9.17, 15) is 9.59 Å². The van der Waals surface area contributed by atoms with Crippen molar-refractivity contribution in [3.63, 3.8) is 0 Å². The van der Waals surface area contributed by atoms with E-state index in [1.807, 2.05) is 0 Å². The second kappa shape index (κ2) is 4.46. The number of imidazole rings is 1. The van der Waals surface area contributed by atoms with Gasteiger partial charge in [0.15, 0.2) is 0 Å². The quantitative estimate of drug-likeness (QED) is 0.895. The highest BCUT2D eigenvalue weighted by molar-refractivity contribution is 5.92. The number of H-pyrrole nitrogens is 1. The van der Waals surface area contributed by atoms with E-state index in [2.05, 4.69) is 9.88 Å². The van der Waals surface area contributed by atoms with Gasteiger partial charge in [-0.1, -0.05) is 0 Å². The van der Waals surface area contributed by atoms with Crippen LogP contribution in [0, 0.1) is 0 Å². The van der Waals surface area contributed by atoms with Crippen molar-refractivity contribution in [2.75, 3.05) is 13.1 Å². The van der Waals surface area contributed by atoms with Crippen molar-refractivity contribution in [2.24, 2.45) is 0 Å². The molecule has 1 atom stereocenters. The molecule has 2 aliphatic rings. The average molecular weight is 287 g/mol. The van der Waals surface area contributed by atoms with Gasteiger partial charge < -0.3 is 10.1 Å². The van der Waals surface area contributed by atoms with E-state index in [1.165, 1.54) is 18.9 Å². The number of benzene rings is 1. The molecule has 0 spiro atoms. The maximum Gasteiger partial charge on any atom is 0.335 e. The summed E-state index contributed by atoms with van der Waals surface area (Å²) in [4.78, 5) is 28.5. The van der Waals surface area contributed by atoms with Crippen LogP contribution in [0.2, 0.25) is 0 Å². The van der Waals surface area contributed by atoms with Gasteiger partial charge in [0.25, 0.3) is 0 Å². The summed E-state index contributed by atoms with van der Waals surface area (Å²) in [6.45, 7) is 1.96. The van der Waals surface area contributed by atoms with E-state index < -0.39 is 5.97 Å². The Kier molecular flexibility index (Phi) is 2.68. The van der Waals surface area contributed by atoms with Crippen LogP contribution in [-0.2, 0) is 0 Å². The van der Waals surface area contributed by atoms with Crippen LogP contribution in [0.4, 0.5) is 0 Å². The van der Waals surface area contributed by atoms with Crippen LogP contribution in [0.1, 0.15) is 35.7 Å². The third kappa shape index (κ3) is 2.06. The number of aromatic amines is 1. The zero-order valence-corrected chi connectivity index (χ0v) is 11.6. The van der Waals surface area contributed by atoms with Gasteiger partial charge in [0.2, 0.25) is 0 Å². The zero-order valence-electron chi connectivity index (χ0n) is 11.6. The molecule has 4 rings (SSSR count). The van der Waals surface area contributed by atoms with Crippen molar-refractivity contribution in [3.8, 4) is 0 Å². The number of rotatable bonds is 3. The van der Waals surface area contributed by atoms with Crippen molar-refractivity contribution >= 4 is 17.0 Å². The summed E-state index contributed by atoms with van der Waals surface area (Å²) in [7, 11) is 0. The highest BCUT2D eigenvalue weighted by atomic mass is 16.4. The normalized spacial score (nSPS) is 23.0. The summed E-state index contributed by atoms with van der Waals surface area (Å²) in [5.41, 5.74) is 1.45. The molecular formula is C15H17N3O3. The molecular weight excluding hydrogens is 270 g/mol. The van der Waals surface area contributed by atoms with Gasteiger partial charge in [-0.25, -0.2) is 9.59 Å². The number of aromatic carboxylic acids is 1. The molecule has 0 amide bonds. The van der Waals surface area contributed by atoms with Gasteiger partial charge in [0, 0.05) is 19.1 Å². The topological polar surface area (TPSA) is 78.3 Å². The molecule has 2 aromatic rings. The van der Waals surface area contributed by atoms with Crippen LogP contribution in [0.15, 0.2) is 23.0 Å². The van der Waals surface area contributed by atoms with E-state index in [1.54, 1.807) is 16.7 Å². The maximum absolute atomic E-state index is 12.2. The van der Waals surface area contributed by atoms with E-state index in [4.69, 9.17) is 5.11 Å². The molecule has 1 aliphatic heterocycles. The first kappa shape index (κ1) is 12.6. The molecule has 6 heteroatoms. The molecule has 1 aromatic heterocycles. The SMILES string of the molecule is O=C(O)c1ccc2c(c1)[nH]c(=O)n2C1CCN(C2CC2)C1. The number of fused-ring (bicyclic) bond motifs is 1. The highest BCUT2D eigenvalue weighted by Crippen LogP contribution is 2.33. The number of hydrogen-bond donors (Lipinski definition) is 2. The highest BCUT2D eigenvalue weighted by Gasteiger charge is 2.35. The summed E-state index contributed by atoms with van der Waals surface area (Å²) < 4.78 is 1.79. The molecule has 2 N–H and O–H groups in total. The number of likely N-dealkylation sites (tertiary alicyclic amines) is 1. The third-order valence-corrected chi connectivity index (χ3v) is 4.59. The summed E-state index contributed by atoms with van der Waals surface area (Å²) in [5, 5.41) is 9.03. The number of carboxylic acid groups (broad SMARTS) is 1. The Morgan fingerprint density at radius 1 is 1.24 bits per heavy atom. The fourth-order valence-corrected chi connectivity index (χ4v) is 3.38. The first-order valence-electron chi connectivity index (χ1n) is 7.35. The molecule has 21 heavy (non-hydrogen) atoms. The second-order valence-corrected chi connectivity index (χ2v) is 6.01. The fraction of sp³-hybridized carbons (Fsp3) is 0.467. The fourth-order valence-electron chi connectivity index (χ4n) is 3.38. The Labute approximate surface area is 121 Å². The third-order valence-electron chi connectivity index (χ3n) is 4.59. The Hall–Kier alpha value is -2.08. The number of nitrogens with one attached hydrogen (secondary N) is 1. The summed E-state index contributed by atoms with van der Waals surface area (Å²) >= 11 is 0.